The van der Waals surface area contributed by atoms with E-state index in [1.165, 1.54) is 6.07 Å². The molecule has 0 aliphatic heterocycles. The van der Waals surface area contributed by atoms with Gasteiger partial charge in [0.1, 0.15) is 5.82 Å². The lowest BCUT2D eigenvalue weighted by molar-refractivity contribution is 0.240. The van der Waals surface area contributed by atoms with E-state index < -0.39 is 0 Å². The van der Waals surface area contributed by atoms with Crippen molar-refractivity contribution in [2.75, 3.05) is 6.54 Å². The number of carbonyl (C=O) groups excluding carboxylic acids is 1. The first-order valence-electron chi connectivity index (χ1n) is 8.06. The maximum Gasteiger partial charge on any atom is 0.315 e. The second-order valence-corrected chi connectivity index (χ2v) is 5.58. The van der Waals surface area contributed by atoms with E-state index >= 15 is 0 Å². The molecular weight excluding hydrogens is 319 g/mol. The lowest BCUT2D eigenvalue weighted by Gasteiger charge is -2.07. The van der Waals surface area contributed by atoms with Crippen molar-refractivity contribution in [1.82, 2.24) is 20.4 Å². The average molecular weight is 338 g/mol. The highest BCUT2D eigenvalue weighted by atomic mass is 19.1. The molecule has 5 nitrogen and oxygen atoms in total. The van der Waals surface area contributed by atoms with Crippen LogP contribution in [0, 0.1) is 5.82 Å². The van der Waals surface area contributed by atoms with Crippen molar-refractivity contribution < 1.29 is 9.18 Å². The quantitative estimate of drug-likeness (QED) is 0.726. The zero-order valence-corrected chi connectivity index (χ0v) is 13.7. The van der Waals surface area contributed by atoms with Crippen molar-refractivity contribution in [1.29, 1.82) is 0 Å². The average Bonchev–Trinajstić information content (AvgIpc) is 3.11. The molecular formula is C19H19FN4O. The van der Waals surface area contributed by atoms with Gasteiger partial charge in [0, 0.05) is 24.8 Å². The Morgan fingerprint density at radius 2 is 1.80 bits per heavy atom. The Balaban J connectivity index is 1.44. The predicted octanol–water partition coefficient (Wildman–Crippen LogP) is 3.05. The monoisotopic (exact) mass is 338 g/mol. The normalized spacial score (nSPS) is 10.4. The molecule has 0 aliphatic rings. The third kappa shape index (κ3) is 4.67. The molecule has 0 aliphatic carbocycles. The van der Waals surface area contributed by atoms with Crippen LogP contribution in [0.15, 0.2) is 67.0 Å². The van der Waals surface area contributed by atoms with Gasteiger partial charge in [-0.1, -0.05) is 36.4 Å². The fraction of sp³-hybridized carbons (Fsp3) is 0.158. The summed E-state index contributed by atoms with van der Waals surface area (Å²) < 4.78 is 15.2. The zero-order chi connectivity index (χ0) is 17.5. The number of hydrogen-bond acceptors (Lipinski definition) is 2. The second-order valence-electron chi connectivity index (χ2n) is 5.58. The number of halogens is 1. The van der Waals surface area contributed by atoms with E-state index in [0.29, 0.717) is 25.1 Å². The van der Waals surface area contributed by atoms with E-state index in [1.54, 1.807) is 29.1 Å². The molecule has 3 aromatic rings. The number of carbonyl (C=O) groups is 1. The van der Waals surface area contributed by atoms with Crippen molar-refractivity contribution >= 4 is 6.03 Å². The summed E-state index contributed by atoms with van der Waals surface area (Å²) in [4.78, 5) is 11.8. The summed E-state index contributed by atoms with van der Waals surface area (Å²) in [5, 5.41) is 9.77. The van der Waals surface area contributed by atoms with Crippen molar-refractivity contribution in [2.45, 2.75) is 13.0 Å². The van der Waals surface area contributed by atoms with Crippen LogP contribution < -0.4 is 10.6 Å². The third-order valence-electron chi connectivity index (χ3n) is 3.75. The number of aromatic nitrogens is 2. The van der Waals surface area contributed by atoms with Crippen LogP contribution >= 0.6 is 0 Å². The van der Waals surface area contributed by atoms with Gasteiger partial charge in [-0.15, -0.1) is 0 Å². The minimum Gasteiger partial charge on any atom is -0.338 e. The molecule has 1 aromatic heterocycles. The maximum atomic E-state index is 13.5. The Hall–Kier alpha value is -3.15. The Bertz CT molecular complexity index is 832. The number of rotatable bonds is 6. The smallest absolute Gasteiger partial charge is 0.315 e. The number of nitrogens with zero attached hydrogens (tertiary/aromatic N) is 2. The van der Waals surface area contributed by atoms with Crippen molar-refractivity contribution in [2.24, 2.45) is 0 Å². The summed E-state index contributed by atoms with van der Waals surface area (Å²) >= 11 is 0. The van der Waals surface area contributed by atoms with E-state index in [2.05, 4.69) is 15.7 Å². The highest BCUT2D eigenvalue weighted by Crippen LogP contribution is 2.08. The minimum atomic E-state index is -0.288. The summed E-state index contributed by atoms with van der Waals surface area (Å²) in [6.45, 7) is 0.744. The van der Waals surface area contributed by atoms with Gasteiger partial charge in [0.2, 0.25) is 0 Å². The molecule has 0 radical (unpaired) electrons. The molecule has 128 valence electrons. The lowest BCUT2D eigenvalue weighted by Crippen LogP contribution is -2.36. The van der Waals surface area contributed by atoms with Gasteiger partial charge in [-0.05, 0) is 30.2 Å². The van der Waals surface area contributed by atoms with Crippen LogP contribution in [0.3, 0.4) is 0 Å². The van der Waals surface area contributed by atoms with Gasteiger partial charge in [0.15, 0.2) is 0 Å². The molecule has 0 spiro atoms. The summed E-state index contributed by atoms with van der Waals surface area (Å²) in [7, 11) is 0. The fourth-order valence-electron chi connectivity index (χ4n) is 2.43. The molecule has 0 unspecified atom stereocenters. The van der Waals surface area contributed by atoms with Gasteiger partial charge in [-0.2, -0.15) is 5.10 Å². The van der Waals surface area contributed by atoms with Gasteiger partial charge in [0.05, 0.1) is 11.9 Å². The molecule has 6 heteroatoms. The van der Waals surface area contributed by atoms with Gasteiger partial charge in [-0.3, -0.25) is 0 Å². The van der Waals surface area contributed by atoms with Crippen LogP contribution in [-0.2, 0) is 13.0 Å². The minimum absolute atomic E-state index is 0.252. The summed E-state index contributed by atoms with van der Waals surface area (Å²) in [6.07, 6.45) is 4.04. The van der Waals surface area contributed by atoms with Crippen LogP contribution in [0.4, 0.5) is 9.18 Å². The lowest BCUT2D eigenvalue weighted by atomic mass is 10.1. The molecule has 1 heterocycles. The van der Waals surface area contributed by atoms with E-state index in [1.807, 2.05) is 36.5 Å². The predicted molar refractivity (Wildman–Crippen MR) is 93.9 cm³/mol. The highest BCUT2D eigenvalue weighted by molar-refractivity contribution is 5.73. The van der Waals surface area contributed by atoms with Gasteiger partial charge < -0.3 is 10.6 Å². The SMILES string of the molecule is O=C(NCCc1ccccc1F)NCc1cnn(-c2ccccc2)c1. The van der Waals surface area contributed by atoms with Crippen molar-refractivity contribution in [3.8, 4) is 5.69 Å². The number of para-hydroxylation sites is 1. The highest BCUT2D eigenvalue weighted by Gasteiger charge is 2.05. The largest absolute Gasteiger partial charge is 0.338 e. The molecule has 2 amide bonds. The van der Waals surface area contributed by atoms with Crippen molar-refractivity contribution in [3.05, 3.63) is 83.9 Å². The Labute approximate surface area is 145 Å². The molecule has 0 saturated carbocycles. The standard InChI is InChI=1S/C19H19FN4O/c20-18-9-5-4-6-16(18)10-11-21-19(25)22-12-15-13-23-24(14-15)17-7-2-1-3-8-17/h1-9,13-14H,10-12H2,(H2,21,22,25). The Morgan fingerprint density at radius 3 is 2.60 bits per heavy atom. The molecule has 2 N–H and O–H groups in total. The molecule has 0 saturated heterocycles. The van der Waals surface area contributed by atoms with Gasteiger partial charge >= 0.3 is 6.03 Å². The van der Waals surface area contributed by atoms with Crippen LogP contribution in [0.1, 0.15) is 11.1 Å². The first-order valence-corrected chi connectivity index (χ1v) is 8.06. The maximum absolute atomic E-state index is 13.5. The molecule has 0 atom stereocenters. The van der Waals surface area contributed by atoms with E-state index in [0.717, 1.165) is 11.3 Å². The van der Waals surface area contributed by atoms with Crippen molar-refractivity contribution in [3.63, 3.8) is 0 Å². The summed E-state index contributed by atoms with van der Waals surface area (Å²) in [5.41, 5.74) is 2.45. The van der Waals surface area contributed by atoms with Crippen LogP contribution in [0.25, 0.3) is 5.69 Å². The Kier molecular flexibility index (Phi) is 5.41. The molecule has 0 fully saturated rings. The zero-order valence-electron chi connectivity index (χ0n) is 13.7. The van der Waals surface area contributed by atoms with E-state index in [4.69, 9.17) is 0 Å². The molecule has 2 aromatic carbocycles. The van der Waals surface area contributed by atoms with Crippen LogP contribution in [-0.4, -0.2) is 22.4 Å². The number of amides is 2. The first-order chi connectivity index (χ1) is 12.2. The van der Waals surface area contributed by atoms with Crippen LogP contribution in [0.2, 0.25) is 0 Å². The fourth-order valence-corrected chi connectivity index (χ4v) is 2.43. The second kappa shape index (κ2) is 8.10. The summed E-state index contributed by atoms with van der Waals surface area (Å²) in [5.74, 6) is -0.252. The third-order valence-corrected chi connectivity index (χ3v) is 3.75. The Morgan fingerprint density at radius 1 is 1.04 bits per heavy atom. The molecule has 3 rings (SSSR count). The summed E-state index contributed by atoms with van der Waals surface area (Å²) in [6, 6.07) is 16.0. The first kappa shape index (κ1) is 16.7. The van der Waals surface area contributed by atoms with E-state index in [-0.39, 0.29) is 11.8 Å². The van der Waals surface area contributed by atoms with Gasteiger partial charge in [-0.25, -0.2) is 13.9 Å². The molecule has 0 bridgehead atoms. The number of benzene rings is 2. The number of hydrogen-bond donors (Lipinski definition) is 2. The van der Waals surface area contributed by atoms with E-state index in [9.17, 15) is 9.18 Å². The number of nitrogens with one attached hydrogen (secondary N) is 2. The number of urea groups is 1. The van der Waals surface area contributed by atoms with Crippen LogP contribution in [0.5, 0.6) is 0 Å². The van der Waals surface area contributed by atoms with Gasteiger partial charge in [0.25, 0.3) is 0 Å². The topological polar surface area (TPSA) is 59.0 Å². The molecule has 25 heavy (non-hydrogen) atoms.